The average Bonchev–Trinajstić information content (AvgIpc) is 2.98. The number of carbonyl (C=O) groups excluding carboxylic acids is 3. The van der Waals surface area contributed by atoms with Crippen LogP contribution in [0.15, 0.2) is 12.3 Å². The highest BCUT2D eigenvalue weighted by molar-refractivity contribution is 5.86. The van der Waals surface area contributed by atoms with Crippen molar-refractivity contribution in [2.45, 2.75) is 26.4 Å². The van der Waals surface area contributed by atoms with Gasteiger partial charge in [-0.3, -0.25) is 4.79 Å². The zero-order valence-electron chi connectivity index (χ0n) is 13.1. The van der Waals surface area contributed by atoms with Gasteiger partial charge in [0.2, 0.25) is 5.88 Å². The van der Waals surface area contributed by atoms with Crippen molar-refractivity contribution in [2.75, 3.05) is 26.3 Å². The molecule has 0 spiro atoms. The first-order valence-electron chi connectivity index (χ1n) is 7.39. The first kappa shape index (κ1) is 16.8. The first-order chi connectivity index (χ1) is 11.1. The van der Waals surface area contributed by atoms with Gasteiger partial charge in [-0.1, -0.05) is 0 Å². The molecule has 2 heterocycles. The normalized spacial score (nSPS) is 17.7. The topological polar surface area (TPSA) is 100.0 Å². The van der Waals surface area contributed by atoms with E-state index in [0.717, 1.165) is 4.68 Å². The molecule has 0 bridgehead atoms. The van der Waals surface area contributed by atoms with E-state index in [-0.39, 0.29) is 44.4 Å². The Morgan fingerprint density at radius 3 is 2.65 bits per heavy atom. The van der Waals surface area contributed by atoms with Crippen LogP contribution in [0, 0.1) is 0 Å². The molecular formula is C14H19N3O6. The molecule has 0 radical (unpaired) electrons. The third kappa shape index (κ3) is 3.99. The van der Waals surface area contributed by atoms with Crippen molar-refractivity contribution in [3.8, 4) is 5.88 Å². The molecule has 23 heavy (non-hydrogen) atoms. The number of carbonyl (C=O) groups is 3. The van der Waals surface area contributed by atoms with Gasteiger partial charge < -0.3 is 19.1 Å². The van der Waals surface area contributed by atoms with E-state index in [2.05, 4.69) is 5.10 Å². The Kier molecular flexibility index (Phi) is 5.56. The van der Waals surface area contributed by atoms with Gasteiger partial charge in [-0.2, -0.15) is 5.10 Å². The van der Waals surface area contributed by atoms with E-state index in [1.807, 2.05) is 0 Å². The highest BCUT2D eigenvalue weighted by Gasteiger charge is 2.33. The lowest BCUT2D eigenvalue weighted by Gasteiger charge is -2.30. The van der Waals surface area contributed by atoms with Gasteiger partial charge in [0.15, 0.2) is 11.9 Å². The second-order valence-electron chi connectivity index (χ2n) is 4.75. The van der Waals surface area contributed by atoms with Crippen molar-refractivity contribution in [2.24, 2.45) is 0 Å². The van der Waals surface area contributed by atoms with E-state index < -0.39 is 18.3 Å². The number of ketones is 1. The number of hydrogen-bond acceptors (Lipinski definition) is 7. The Morgan fingerprint density at radius 2 is 1.96 bits per heavy atom. The van der Waals surface area contributed by atoms with Crippen molar-refractivity contribution in [3.05, 3.63) is 12.3 Å². The van der Waals surface area contributed by atoms with Crippen LogP contribution >= 0.6 is 0 Å². The second kappa shape index (κ2) is 7.61. The van der Waals surface area contributed by atoms with Crippen LogP contribution in [0.4, 0.5) is 9.59 Å². The minimum atomic E-state index is -0.877. The summed E-state index contributed by atoms with van der Waals surface area (Å²) in [6.45, 7) is 4.17. The van der Waals surface area contributed by atoms with Crippen LogP contribution in [0.25, 0.3) is 0 Å². The van der Waals surface area contributed by atoms with Gasteiger partial charge in [0.05, 0.1) is 26.0 Å². The Hall–Kier alpha value is -2.58. The summed E-state index contributed by atoms with van der Waals surface area (Å²) in [5.74, 6) is -0.0605. The molecule has 1 aromatic rings. The molecule has 1 unspecified atom stereocenters. The van der Waals surface area contributed by atoms with E-state index in [1.54, 1.807) is 13.8 Å². The van der Waals surface area contributed by atoms with Crippen LogP contribution in [0.2, 0.25) is 0 Å². The quantitative estimate of drug-likeness (QED) is 0.816. The second-order valence-corrected chi connectivity index (χ2v) is 4.75. The maximum atomic E-state index is 12.0. The third-order valence-electron chi connectivity index (χ3n) is 3.21. The Morgan fingerprint density at radius 1 is 1.26 bits per heavy atom. The number of rotatable bonds is 4. The average molecular weight is 325 g/mol. The molecule has 1 aromatic heterocycles. The fourth-order valence-electron chi connectivity index (χ4n) is 2.13. The SMILES string of the molecule is CCOC(=O)N1CCC(=O)C(Oc2ccnn2C(=O)OCC)C1. The maximum absolute atomic E-state index is 12.0. The smallest absolute Gasteiger partial charge is 0.437 e. The standard InChI is InChI=1S/C14H19N3O6/c1-3-21-13(19)16-8-6-10(18)11(9-16)23-12-5-7-15-17(12)14(20)22-4-2/h5,7,11H,3-4,6,8-9H2,1-2H3. The van der Waals surface area contributed by atoms with Crippen LogP contribution in [0.5, 0.6) is 5.88 Å². The fourth-order valence-corrected chi connectivity index (χ4v) is 2.13. The number of nitrogens with zero attached hydrogens (tertiary/aromatic N) is 3. The Labute approximate surface area is 133 Å². The predicted molar refractivity (Wildman–Crippen MR) is 77.3 cm³/mol. The summed E-state index contributed by atoms with van der Waals surface area (Å²) in [6, 6.07) is 1.45. The van der Waals surface area contributed by atoms with Crippen molar-refractivity contribution >= 4 is 18.0 Å². The van der Waals surface area contributed by atoms with Crippen molar-refractivity contribution in [3.63, 3.8) is 0 Å². The molecule has 1 saturated heterocycles. The molecule has 0 aliphatic carbocycles. The summed E-state index contributed by atoms with van der Waals surface area (Å²) >= 11 is 0. The summed E-state index contributed by atoms with van der Waals surface area (Å²) in [6.07, 6.45) is -0.539. The molecule has 0 aromatic carbocycles. The number of amides is 1. The van der Waals surface area contributed by atoms with Crippen LogP contribution in [0.1, 0.15) is 20.3 Å². The molecule has 1 fully saturated rings. The Balaban J connectivity index is 2.06. The van der Waals surface area contributed by atoms with Crippen molar-refractivity contribution < 1.29 is 28.6 Å². The predicted octanol–water partition coefficient (Wildman–Crippen LogP) is 1.07. The number of piperidine rings is 1. The summed E-state index contributed by atoms with van der Waals surface area (Å²) in [5, 5.41) is 3.81. The minimum Gasteiger partial charge on any atom is -0.464 e. The van der Waals surface area contributed by atoms with E-state index >= 15 is 0 Å². The molecule has 1 amide bonds. The van der Waals surface area contributed by atoms with E-state index in [0.29, 0.717) is 0 Å². The van der Waals surface area contributed by atoms with Crippen LogP contribution < -0.4 is 4.74 Å². The molecule has 1 atom stereocenters. The lowest BCUT2D eigenvalue weighted by atomic mass is 10.1. The number of Topliss-reactive ketones (excluding diaryl/α,β-unsaturated/α-hetero) is 1. The summed E-state index contributed by atoms with van der Waals surface area (Å²) in [5.41, 5.74) is 0. The van der Waals surface area contributed by atoms with Crippen LogP contribution in [0.3, 0.4) is 0 Å². The largest absolute Gasteiger partial charge is 0.464 e. The van der Waals surface area contributed by atoms with Gasteiger partial charge in [-0.15, -0.1) is 4.68 Å². The van der Waals surface area contributed by atoms with Gasteiger partial charge in [-0.25, -0.2) is 9.59 Å². The zero-order valence-corrected chi connectivity index (χ0v) is 13.1. The maximum Gasteiger partial charge on any atom is 0.437 e. The van der Waals surface area contributed by atoms with Crippen molar-refractivity contribution in [1.82, 2.24) is 14.7 Å². The molecule has 2 rings (SSSR count). The minimum absolute atomic E-state index is 0.0612. The molecule has 126 valence electrons. The van der Waals surface area contributed by atoms with Gasteiger partial charge in [0.1, 0.15) is 0 Å². The Bertz CT molecular complexity index is 585. The first-order valence-corrected chi connectivity index (χ1v) is 7.39. The van der Waals surface area contributed by atoms with Gasteiger partial charge in [0, 0.05) is 19.0 Å². The third-order valence-corrected chi connectivity index (χ3v) is 3.21. The molecule has 0 saturated carbocycles. The highest BCUT2D eigenvalue weighted by atomic mass is 16.6. The van der Waals surface area contributed by atoms with E-state index in [9.17, 15) is 14.4 Å². The zero-order chi connectivity index (χ0) is 16.8. The van der Waals surface area contributed by atoms with Gasteiger partial charge >= 0.3 is 12.2 Å². The molecule has 1 aliphatic heterocycles. The molecule has 1 aliphatic rings. The lowest BCUT2D eigenvalue weighted by Crippen LogP contribution is -2.49. The molecule has 9 nitrogen and oxygen atoms in total. The fraction of sp³-hybridized carbons (Fsp3) is 0.571. The summed E-state index contributed by atoms with van der Waals surface area (Å²) in [7, 11) is 0. The number of hydrogen-bond donors (Lipinski definition) is 0. The number of likely N-dealkylation sites (tertiary alicyclic amines) is 1. The lowest BCUT2D eigenvalue weighted by molar-refractivity contribution is -0.129. The van der Waals surface area contributed by atoms with E-state index in [4.69, 9.17) is 14.2 Å². The van der Waals surface area contributed by atoms with Crippen molar-refractivity contribution in [1.29, 1.82) is 0 Å². The molecule has 0 N–H and O–H groups in total. The summed E-state index contributed by atoms with van der Waals surface area (Å²) in [4.78, 5) is 36.9. The van der Waals surface area contributed by atoms with Gasteiger partial charge in [0.25, 0.3) is 0 Å². The number of aromatic nitrogens is 2. The molecular weight excluding hydrogens is 306 g/mol. The van der Waals surface area contributed by atoms with Gasteiger partial charge in [-0.05, 0) is 13.8 Å². The number of ether oxygens (including phenoxy) is 3. The molecule has 9 heteroatoms. The van der Waals surface area contributed by atoms with E-state index in [1.165, 1.54) is 17.2 Å². The van der Waals surface area contributed by atoms with Crippen LogP contribution in [-0.2, 0) is 14.3 Å². The summed E-state index contributed by atoms with van der Waals surface area (Å²) < 4.78 is 16.3. The monoisotopic (exact) mass is 325 g/mol. The van der Waals surface area contributed by atoms with Crippen LogP contribution in [-0.4, -0.2) is 65.1 Å². The highest BCUT2D eigenvalue weighted by Crippen LogP contribution is 2.17.